The highest BCUT2D eigenvalue weighted by molar-refractivity contribution is 7.80. The highest BCUT2D eigenvalue weighted by Gasteiger charge is 2.09. The quantitative estimate of drug-likeness (QED) is 0.355. The maximum absolute atomic E-state index is 5.03. The van der Waals surface area contributed by atoms with Gasteiger partial charge in [0.05, 0.1) is 0 Å². The van der Waals surface area contributed by atoms with Crippen molar-refractivity contribution in [3.05, 3.63) is 11.1 Å². The van der Waals surface area contributed by atoms with Crippen LogP contribution in [0.15, 0.2) is 11.1 Å². The standard InChI is InChI=1S/C7H10S/c1-5-3-7(8)4-6(5)2/h3-4H2,1-2H3. The van der Waals surface area contributed by atoms with Crippen molar-refractivity contribution in [3.63, 3.8) is 0 Å². The average Bonchev–Trinajstić information content (AvgIpc) is 1.85. The van der Waals surface area contributed by atoms with Gasteiger partial charge in [-0.2, -0.15) is 0 Å². The topological polar surface area (TPSA) is 0 Å². The molecule has 0 atom stereocenters. The van der Waals surface area contributed by atoms with Gasteiger partial charge in [-0.15, -0.1) is 0 Å². The number of allylic oxidation sites excluding steroid dienone is 2. The highest BCUT2D eigenvalue weighted by atomic mass is 32.1. The first-order valence-electron chi connectivity index (χ1n) is 2.87. The van der Waals surface area contributed by atoms with Crippen molar-refractivity contribution >= 4 is 17.1 Å². The monoisotopic (exact) mass is 126 g/mol. The third-order valence-electron chi connectivity index (χ3n) is 1.65. The molecule has 0 aliphatic heterocycles. The van der Waals surface area contributed by atoms with Gasteiger partial charge in [0.15, 0.2) is 0 Å². The lowest BCUT2D eigenvalue weighted by molar-refractivity contribution is 1.23. The van der Waals surface area contributed by atoms with Crippen LogP contribution in [0.4, 0.5) is 0 Å². The minimum Gasteiger partial charge on any atom is -0.0890 e. The first-order chi connectivity index (χ1) is 3.70. The number of rotatable bonds is 0. The molecule has 0 aromatic rings. The maximum Gasteiger partial charge on any atom is 0.000923 e. The van der Waals surface area contributed by atoms with Gasteiger partial charge < -0.3 is 0 Å². The van der Waals surface area contributed by atoms with Crippen LogP contribution in [0.2, 0.25) is 0 Å². The third kappa shape index (κ3) is 0.972. The smallest absolute Gasteiger partial charge is 0.000923 e. The summed E-state index contributed by atoms with van der Waals surface area (Å²) in [6.45, 7) is 4.32. The second-order valence-corrected chi connectivity index (χ2v) is 3.03. The zero-order valence-electron chi connectivity index (χ0n) is 5.32. The Labute approximate surface area is 55.6 Å². The Hall–Kier alpha value is -0.170. The molecular weight excluding hydrogens is 116 g/mol. The van der Waals surface area contributed by atoms with Crippen molar-refractivity contribution in [2.24, 2.45) is 0 Å². The van der Waals surface area contributed by atoms with Crippen LogP contribution in [0.5, 0.6) is 0 Å². The molecule has 1 rings (SSSR count). The molecule has 0 amide bonds. The first kappa shape index (κ1) is 5.96. The lowest BCUT2D eigenvalue weighted by Crippen LogP contribution is -1.81. The molecule has 0 unspecified atom stereocenters. The molecule has 0 spiro atoms. The zero-order chi connectivity index (χ0) is 6.15. The van der Waals surface area contributed by atoms with Gasteiger partial charge in [-0.25, -0.2) is 0 Å². The number of hydrogen-bond acceptors (Lipinski definition) is 1. The van der Waals surface area contributed by atoms with E-state index < -0.39 is 0 Å². The molecule has 0 bridgehead atoms. The second kappa shape index (κ2) is 1.98. The fourth-order valence-corrected chi connectivity index (χ4v) is 1.39. The molecule has 0 N–H and O–H groups in total. The van der Waals surface area contributed by atoms with Gasteiger partial charge in [0, 0.05) is 17.7 Å². The van der Waals surface area contributed by atoms with E-state index in [1.807, 2.05) is 0 Å². The van der Waals surface area contributed by atoms with Crippen molar-refractivity contribution in [1.82, 2.24) is 0 Å². The fourth-order valence-electron chi connectivity index (χ4n) is 0.956. The van der Waals surface area contributed by atoms with Gasteiger partial charge in [0.25, 0.3) is 0 Å². The SMILES string of the molecule is CC1=C(C)CC(=S)C1. The van der Waals surface area contributed by atoms with Gasteiger partial charge in [0.1, 0.15) is 0 Å². The molecule has 0 aromatic carbocycles. The Balaban J connectivity index is 2.73. The summed E-state index contributed by atoms with van der Waals surface area (Å²) in [6.07, 6.45) is 2.14. The molecule has 0 radical (unpaired) electrons. The second-order valence-electron chi connectivity index (χ2n) is 2.45. The Morgan fingerprint density at radius 3 is 1.62 bits per heavy atom. The molecule has 8 heavy (non-hydrogen) atoms. The number of thiocarbonyl (C=S) groups is 1. The van der Waals surface area contributed by atoms with E-state index in [4.69, 9.17) is 12.2 Å². The molecular formula is C7H10S. The van der Waals surface area contributed by atoms with Crippen LogP contribution in [0.25, 0.3) is 0 Å². The van der Waals surface area contributed by atoms with Gasteiger partial charge in [-0.1, -0.05) is 23.4 Å². The summed E-state index contributed by atoms with van der Waals surface area (Å²) in [4.78, 5) is 1.21. The predicted octanol–water partition coefficient (Wildman–Crippen LogP) is 2.49. The van der Waals surface area contributed by atoms with E-state index in [1.54, 1.807) is 0 Å². The third-order valence-corrected chi connectivity index (χ3v) is 1.94. The normalized spacial score (nSPS) is 20.5. The molecule has 0 fully saturated rings. The van der Waals surface area contributed by atoms with Crippen molar-refractivity contribution < 1.29 is 0 Å². The molecule has 0 saturated carbocycles. The molecule has 0 aromatic heterocycles. The number of hydrogen-bond donors (Lipinski definition) is 0. The summed E-state index contributed by atoms with van der Waals surface area (Å²) in [5.74, 6) is 0. The van der Waals surface area contributed by atoms with Crippen molar-refractivity contribution in [1.29, 1.82) is 0 Å². The van der Waals surface area contributed by atoms with Crippen LogP contribution in [0.1, 0.15) is 26.7 Å². The van der Waals surface area contributed by atoms with E-state index >= 15 is 0 Å². The van der Waals surface area contributed by atoms with Crippen LogP contribution in [0.3, 0.4) is 0 Å². The maximum atomic E-state index is 5.03. The Bertz CT molecular complexity index is 138. The van der Waals surface area contributed by atoms with E-state index in [1.165, 1.54) is 16.0 Å². The van der Waals surface area contributed by atoms with Gasteiger partial charge in [-0.05, 0) is 13.8 Å². The predicted molar refractivity (Wildman–Crippen MR) is 40.2 cm³/mol. The summed E-state index contributed by atoms with van der Waals surface area (Å²) in [5, 5.41) is 0. The largest absolute Gasteiger partial charge is 0.0890 e. The fraction of sp³-hybridized carbons (Fsp3) is 0.571. The highest BCUT2D eigenvalue weighted by Crippen LogP contribution is 2.22. The molecule has 0 heterocycles. The van der Waals surface area contributed by atoms with Gasteiger partial charge in [0.2, 0.25) is 0 Å². The molecule has 0 saturated heterocycles. The summed E-state index contributed by atoms with van der Waals surface area (Å²) in [5.41, 5.74) is 2.96. The van der Waals surface area contributed by atoms with E-state index in [2.05, 4.69) is 13.8 Å². The first-order valence-corrected chi connectivity index (χ1v) is 3.28. The lowest BCUT2D eigenvalue weighted by Gasteiger charge is -1.86. The van der Waals surface area contributed by atoms with E-state index in [9.17, 15) is 0 Å². The van der Waals surface area contributed by atoms with Crippen LogP contribution >= 0.6 is 12.2 Å². The Morgan fingerprint density at radius 1 is 1.12 bits per heavy atom. The van der Waals surface area contributed by atoms with Crippen molar-refractivity contribution in [3.8, 4) is 0 Å². The summed E-state index contributed by atoms with van der Waals surface area (Å²) in [7, 11) is 0. The van der Waals surface area contributed by atoms with E-state index in [-0.39, 0.29) is 0 Å². The minimum atomic E-state index is 1.07. The van der Waals surface area contributed by atoms with Crippen LogP contribution in [-0.4, -0.2) is 4.86 Å². The molecule has 1 heteroatoms. The van der Waals surface area contributed by atoms with E-state index in [0.717, 1.165) is 12.8 Å². The summed E-state index contributed by atoms with van der Waals surface area (Å²) >= 11 is 5.03. The molecule has 1 aliphatic rings. The lowest BCUT2D eigenvalue weighted by atomic mass is 10.2. The molecule has 1 aliphatic carbocycles. The minimum absolute atomic E-state index is 1.07. The van der Waals surface area contributed by atoms with Crippen LogP contribution < -0.4 is 0 Å². The van der Waals surface area contributed by atoms with Crippen molar-refractivity contribution in [2.45, 2.75) is 26.7 Å². The summed E-state index contributed by atoms with van der Waals surface area (Å²) < 4.78 is 0. The van der Waals surface area contributed by atoms with Gasteiger partial charge >= 0.3 is 0 Å². The average molecular weight is 126 g/mol. The molecule has 44 valence electrons. The van der Waals surface area contributed by atoms with Crippen LogP contribution in [-0.2, 0) is 0 Å². The Kier molecular flexibility index (Phi) is 1.47. The van der Waals surface area contributed by atoms with Crippen LogP contribution in [0, 0.1) is 0 Å². The molecule has 0 nitrogen and oxygen atoms in total. The van der Waals surface area contributed by atoms with E-state index in [0.29, 0.717) is 0 Å². The van der Waals surface area contributed by atoms with Crippen molar-refractivity contribution in [2.75, 3.05) is 0 Å². The Morgan fingerprint density at radius 2 is 1.50 bits per heavy atom. The van der Waals surface area contributed by atoms with Gasteiger partial charge in [-0.3, -0.25) is 0 Å². The summed E-state index contributed by atoms with van der Waals surface area (Å²) in [6, 6.07) is 0. The zero-order valence-corrected chi connectivity index (χ0v) is 6.14.